The maximum Gasteiger partial charge on any atom is 0.271 e. The monoisotopic (exact) mass is 365 g/mol. The number of aryl methyl sites for hydroxylation is 1. The number of nitrogens with one attached hydrogen (secondary N) is 1. The van der Waals surface area contributed by atoms with Gasteiger partial charge in [-0.2, -0.15) is 0 Å². The van der Waals surface area contributed by atoms with Crippen LogP contribution in [0.4, 0.5) is 5.69 Å². The molecule has 9 heteroatoms. The molecule has 0 unspecified atom stereocenters. The van der Waals surface area contributed by atoms with Crippen LogP contribution in [0.25, 0.3) is 0 Å². The zero-order valence-electron chi connectivity index (χ0n) is 14.0. The van der Waals surface area contributed by atoms with Gasteiger partial charge in [0.1, 0.15) is 0 Å². The van der Waals surface area contributed by atoms with Crippen molar-refractivity contribution in [3.05, 3.63) is 57.5 Å². The van der Waals surface area contributed by atoms with Crippen LogP contribution in [0.3, 0.4) is 0 Å². The molecule has 1 amide bonds. The number of anilines is 1. The molecule has 0 saturated heterocycles. The quantitative estimate of drug-likeness (QED) is 0.660. The summed E-state index contributed by atoms with van der Waals surface area (Å²) in [7, 11) is -0.136. The zero-order valence-corrected chi connectivity index (χ0v) is 14.9. The number of amides is 1. The predicted molar refractivity (Wildman–Crippen MR) is 94.4 cm³/mol. The summed E-state index contributed by atoms with van der Waals surface area (Å²) < 4.78 is 25.9. The van der Waals surface area contributed by atoms with Crippen LogP contribution in [0.5, 0.6) is 5.75 Å². The minimum absolute atomic E-state index is 0.153. The largest absolute Gasteiger partial charge is 0.503 e. The summed E-state index contributed by atoms with van der Waals surface area (Å²) in [4.78, 5) is 23.9. The molecule has 0 bridgehead atoms. The Labute approximate surface area is 146 Å². The fraction of sp³-hybridized carbons (Fsp3) is 0.250. The van der Waals surface area contributed by atoms with Crippen molar-refractivity contribution in [2.45, 2.75) is 13.5 Å². The average Bonchev–Trinajstić information content (AvgIpc) is 2.57. The third kappa shape index (κ3) is 3.66. The van der Waals surface area contributed by atoms with Gasteiger partial charge in [0.25, 0.3) is 5.91 Å². The van der Waals surface area contributed by atoms with Crippen LogP contribution in [-0.2, 0) is 24.5 Å². The van der Waals surface area contributed by atoms with E-state index in [0.717, 1.165) is 15.9 Å². The lowest BCUT2D eigenvalue weighted by Gasteiger charge is -2.22. The Hall–Kier alpha value is -2.81. The molecule has 0 aliphatic heterocycles. The van der Waals surface area contributed by atoms with Crippen LogP contribution in [0.2, 0.25) is 0 Å². The SMILES string of the molecule is CNC(=O)c1c(O)c(=O)cc(CN(c2ccccc2C)[SH](=O)=O)n1C. The highest BCUT2D eigenvalue weighted by molar-refractivity contribution is 7.74. The van der Waals surface area contributed by atoms with E-state index in [9.17, 15) is 23.1 Å². The lowest BCUT2D eigenvalue weighted by Crippen LogP contribution is -2.30. The van der Waals surface area contributed by atoms with E-state index < -0.39 is 28.0 Å². The zero-order chi connectivity index (χ0) is 18.7. The molecule has 2 aromatic rings. The molecule has 0 saturated carbocycles. The highest BCUT2D eigenvalue weighted by Crippen LogP contribution is 2.22. The van der Waals surface area contributed by atoms with E-state index in [1.54, 1.807) is 31.2 Å². The number of pyridine rings is 1. The van der Waals surface area contributed by atoms with Gasteiger partial charge in [-0.1, -0.05) is 18.2 Å². The summed E-state index contributed by atoms with van der Waals surface area (Å²) in [6.07, 6.45) is 0. The molecule has 2 rings (SSSR count). The molecule has 8 nitrogen and oxygen atoms in total. The summed E-state index contributed by atoms with van der Waals surface area (Å²) in [6.45, 7) is 1.62. The molecule has 1 heterocycles. The number of benzene rings is 1. The highest BCUT2D eigenvalue weighted by atomic mass is 32.2. The minimum Gasteiger partial charge on any atom is -0.503 e. The Morgan fingerprint density at radius 1 is 1.32 bits per heavy atom. The van der Waals surface area contributed by atoms with Gasteiger partial charge in [-0.3, -0.25) is 13.9 Å². The molecule has 1 aromatic heterocycles. The van der Waals surface area contributed by atoms with Gasteiger partial charge in [-0.05, 0) is 18.6 Å². The topological polar surface area (TPSA) is 109 Å². The molecule has 0 radical (unpaired) electrons. The third-order valence-electron chi connectivity index (χ3n) is 3.87. The van der Waals surface area contributed by atoms with Crippen molar-refractivity contribution < 1.29 is 18.3 Å². The summed E-state index contributed by atoms with van der Waals surface area (Å²) in [5.41, 5.74) is 0.509. The summed E-state index contributed by atoms with van der Waals surface area (Å²) in [6, 6.07) is 8.03. The van der Waals surface area contributed by atoms with Gasteiger partial charge >= 0.3 is 0 Å². The molecule has 0 aliphatic rings. The number of nitrogens with zero attached hydrogens (tertiary/aromatic N) is 2. The van der Waals surface area contributed by atoms with Crippen LogP contribution in [-0.4, -0.2) is 31.0 Å². The highest BCUT2D eigenvalue weighted by Gasteiger charge is 2.21. The number of carbonyl (C=O) groups excluding carboxylic acids is 1. The Balaban J connectivity index is 2.58. The van der Waals surface area contributed by atoms with Crippen molar-refractivity contribution in [2.24, 2.45) is 7.05 Å². The maximum atomic E-state index is 12.0. The van der Waals surface area contributed by atoms with Crippen LogP contribution < -0.4 is 15.1 Å². The van der Waals surface area contributed by atoms with Gasteiger partial charge in [0.2, 0.25) is 16.3 Å². The maximum absolute atomic E-state index is 12.0. The number of aromatic hydroxyl groups is 1. The number of thiol groups is 1. The van der Waals surface area contributed by atoms with Gasteiger partial charge in [0.15, 0.2) is 11.4 Å². The summed E-state index contributed by atoms with van der Waals surface area (Å²) in [5.74, 6) is -1.33. The fourth-order valence-corrected chi connectivity index (χ4v) is 3.16. The second-order valence-corrected chi connectivity index (χ2v) is 6.38. The molecule has 0 spiro atoms. The normalized spacial score (nSPS) is 10.7. The molecule has 0 atom stereocenters. The Kier molecular flexibility index (Phi) is 5.48. The van der Waals surface area contributed by atoms with Crippen molar-refractivity contribution in [2.75, 3.05) is 11.4 Å². The Bertz CT molecular complexity index is 941. The number of rotatable bonds is 5. The van der Waals surface area contributed by atoms with E-state index in [-0.39, 0.29) is 17.9 Å². The smallest absolute Gasteiger partial charge is 0.271 e. The van der Waals surface area contributed by atoms with Crippen LogP contribution >= 0.6 is 0 Å². The first-order chi connectivity index (χ1) is 11.8. The number of hydrogen-bond donors (Lipinski definition) is 3. The number of para-hydroxylation sites is 1. The summed E-state index contributed by atoms with van der Waals surface area (Å²) in [5, 5.41) is 12.2. The van der Waals surface area contributed by atoms with Gasteiger partial charge in [-0.25, -0.2) is 8.42 Å². The minimum atomic E-state index is -2.98. The number of carbonyl (C=O) groups is 1. The van der Waals surface area contributed by atoms with Crippen molar-refractivity contribution in [3.8, 4) is 5.75 Å². The molecule has 2 N–H and O–H groups in total. The van der Waals surface area contributed by atoms with E-state index in [2.05, 4.69) is 5.32 Å². The molecule has 25 heavy (non-hydrogen) atoms. The third-order valence-corrected chi connectivity index (χ3v) is 4.62. The van der Waals surface area contributed by atoms with Gasteiger partial charge in [-0.15, -0.1) is 0 Å². The van der Waals surface area contributed by atoms with Crippen LogP contribution in [0.1, 0.15) is 21.7 Å². The molecular weight excluding hydrogens is 346 g/mol. The molecule has 1 aromatic carbocycles. The van der Waals surface area contributed by atoms with Crippen LogP contribution in [0.15, 0.2) is 35.1 Å². The van der Waals surface area contributed by atoms with Gasteiger partial charge in [0, 0.05) is 25.9 Å². The van der Waals surface area contributed by atoms with E-state index in [1.165, 1.54) is 18.7 Å². The van der Waals surface area contributed by atoms with E-state index in [1.807, 2.05) is 0 Å². The van der Waals surface area contributed by atoms with Gasteiger partial charge in [0.05, 0.1) is 12.2 Å². The first-order valence-electron chi connectivity index (χ1n) is 7.39. The lowest BCUT2D eigenvalue weighted by atomic mass is 10.2. The van der Waals surface area contributed by atoms with Crippen molar-refractivity contribution >= 4 is 22.5 Å². The lowest BCUT2D eigenvalue weighted by molar-refractivity contribution is 0.0950. The number of aromatic nitrogens is 1. The van der Waals surface area contributed by atoms with E-state index in [4.69, 9.17) is 0 Å². The van der Waals surface area contributed by atoms with Crippen molar-refractivity contribution in [1.82, 2.24) is 9.88 Å². The van der Waals surface area contributed by atoms with Crippen LogP contribution in [0, 0.1) is 6.92 Å². The average molecular weight is 365 g/mol. The molecule has 0 aliphatic carbocycles. The van der Waals surface area contributed by atoms with E-state index in [0.29, 0.717) is 5.69 Å². The first kappa shape index (κ1) is 18.5. The van der Waals surface area contributed by atoms with Crippen molar-refractivity contribution in [3.63, 3.8) is 0 Å². The Morgan fingerprint density at radius 2 is 1.96 bits per heavy atom. The molecule has 0 fully saturated rings. The fourth-order valence-electron chi connectivity index (χ4n) is 2.50. The first-order valence-corrected chi connectivity index (χ1v) is 8.52. The standard InChI is InChI=1S/C16H19N3O5S/c1-10-6-4-5-7-12(10)19(25(23)24)9-11-8-13(20)15(21)14(18(11)3)16(22)17-2/h4-8,21,25H,9H2,1-3H3,(H,17,22). The molecule has 134 valence electrons. The molecular formula is C16H19N3O5S. The second-order valence-electron chi connectivity index (χ2n) is 5.42. The van der Waals surface area contributed by atoms with Crippen molar-refractivity contribution in [1.29, 1.82) is 0 Å². The summed E-state index contributed by atoms with van der Waals surface area (Å²) >= 11 is 0. The van der Waals surface area contributed by atoms with Gasteiger partial charge < -0.3 is 15.0 Å². The van der Waals surface area contributed by atoms with E-state index >= 15 is 0 Å². The predicted octanol–water partition coefficient (Wildman–Crippen LogP) is 0.292. The number of hydrogen-bond acceptors (Lipinski definition) is 5. The Morgan fingerprint density at radius 3 is 2.52 bits per heavy atom. The second kappa shape index (κ2) is 7.39.